The number of rotatable bonds is 2. The van der Waals surface area contributed by atoms with Gasteiger partial charge in [0, 0.05) is 31.7 Å². The maximum atomic E-state index is 12.5. The van der Waals surface area contributed by atoms with E-state index in [2.05, 4.69) is 10.1 Å². The normalized spacial score (nSPS) is 18.4. The summed E-state index contributed by atoms with van der Waals surface area (Å²) in [4.78, 5) is 31.0. The number of hydrogen-bond donors (Lipinski definition) is 1. The lowest BCUT2D eigenvalue weighted by atomic mass is 10.1. The number of likely N-dealkylation sites (tertiary alicyclic amines) is 1. The smallest absolute Gasteiger partial charge is 0.274 e. The van der Waals surface area contributed by atoms with Crippen molar-refractivity contribution in [2.45, 2.75) is 25.2 Å². The molecule has 2 aromatic heterocycles. The Balaban J connectivity index is 1.95. The second-order valence-corrected chi connectivity index (χ2v) is 5.71. The van der Waals surface area contributed by atoms with Crippen molar-refractivity contribution < 1.29 is 4.79 Å². The van der Waals surface area contributed by atoms with Crippen LogP contribution in [0, 0.1) is 0 Å². The van der Waals surface area contributed by atoms with Gasteiger partial charge in [-0.15, -0.1) is 0 Å². The van der Waals surface area contributed by atoms with Crippen LogP contribution in [-0.4, -0.2) is 38.7 Å². The van der Waals surface area contributed by atoms with Crippen molar-refractivity contribution in [2.24, 2.45) is 7.05 Å². The Labute approximate surface area is 115 Å². The molecule has 1 saturated heterocycles. The topological polar surface area (TPSA) is 71.0 Å². The van der Waals surface area contributed by atoms with Gasteiger partial charge in [0.1, 0.15) is 0 Å². The van der Waals surface area contributed by atoms with Crippen LogP contribution in [0.3, 0.4) is 0 Å². The molecule has 2 aliphatic rings. The molecule has 104 valence electrons. The number of aromatic nitrogens is 3. The SMILES string of the molecule is Cn1[nH]c(=O)c2c(C(=O)N3CCC3)cc(C3CC3)nc21. The molecular formula is C14H16N4O2. The van der Waals surface area contributed by atoms with Crippen LogP contribution in [0.1, 0.15) is 41.2 Å². The average molecular weight is 272 g/mol. The number of pyridine rings is 1. The van der Waals surface area contributed by atoms with Crippen molar-refractivity contribution in [2.75, 3.05) is 13.1 Å². The molecule has 0 spiro atoms. The third-order valence-electron chi connectivity index (χ3n) is 4.20. The van der Waals surface area contributed by atoms with E-state index in [-0.39, 0.29) is 11.5 Å². The van der Waals surface area contributed by atoms with Gasteiger partial charge >= 0.3 is 0 Å². The molecule has 3 heterocycles. The Morgan fingerprint density at radius 3 is 2.75 bits per heavy atom. The van der Waals surface area contributed by atoms with Crippen LogP contribution in [0.5, 0.6) is 0 Å². The molecule has 2 aromatic rings. The molecule has 1 amide bonds. The summed E-state index contributed by atoms with van der Waals surface area (Å²) in [6.45, 7) is 1.57. The van der Waals surface area contributed by atoms with Crippen molar-refractivity contribution in [3.8, 4) is 0 Å². The Bertz CT molecular complexity index is 765. The predicted octanol–water partition coefficient (Wildman–Crippen LogP) is 0.985. The molecule has 1 saturated carbocycles. The number of nitrogens with zero attached hydrogens (tertiary/aromatic N) is 3. The van der Waals surface area contributed by atoms with Gasteiger partial charge in [0.2, 0.25) is 0 Å². The van der Waals surface area contributed by atoms with Crippen molar-refractivity contribution in [3.63, 3.8) is 0 Å². The first-order valence-electron chi connectivity index (χ1n) is 7.04. The predicted molar refractivity (Wildman–Crippen MR) is 73.8 cm³/mol. The van der Waals surface area contributed by atoms with Crippen LogP contribution < -0.4 is 5.56 Å². The molecular weight excluding hydrogens is 256 g/mol. The summed E-state index contributed by atoms with van der Waals surface area (Å²) in [5.74, 6) is 0.412. The monoisotopic (exact) mass is 272 g/mol. The summed E-state index contributed by atoms with van der Waals surface area (Å²) in [6.07, 6.45) is 3.28. The highest BCUT2D eigenvalue weighted by atomic mass is 16.2. The number of carbonyl (C=O) groups excluding carboxylic acids is 1. The molecule has 6 heteroatoms. The van der Waals surface area contributed by atoms with Gasteiger partial charge in [-0.1, -0.05) is 0 Å². The third-order valence-corrected chi connectivity index (χ3v) is 4.20. The van der Waals surface area contributed by atoms with Gasteiger partial charge in [0.05, 0.1) is 10.9 Å². The van der Waals surface area contributed by atoms with Crippen LogP contribution in [0.25, 0.3) is 11.0 Å². The van der Waals surface area contributed by atoms with Gasteiger partial charge in [0.15, 0.2) is 5.65 Å². The van der Waals surface area contributed by atoms with E-state index < -0.39 is 0 Å². The molecule has 4 rings (SSSR count). The van der Waals surface area contributed by atoms with Crippen LogP contribution >= 0.6 is 0 Å². The molecule has 1 N–H and O–H groups in total. The quantitative estimate of drug-likeness (QED) is 0.886. The van der Waals surface area contributed by atoms with E-state index in [1.54, 1.807) is 16.6 Å². The molecule has 0 aromatic carbocycles. The molecule has 0 bridgehead atoms. The lowest BCUT2D eigenvalue weighted by Gasteiger charge is -2.31. The number of carbonyl (C=O) groups is 1. The summed E-state index contributed by atoms with van der Waals surface area (Å²) in [6, 6.07) is 1.83. The zero-order chi connectivity index (χ0) is 13.9. The van der Waals surface area contributed by atoms with E-state index in [0.717, 1.165) is 38.0 Å². The number of fused-ring (bicyclic) bond motifs is 1. The van der Waals surface area contributed by atoms with Gasteiger partial charge in [-0.25, -0.2) is 4.98 Å². The van der Waals surface area contributed by atoms with Crippen molar-refractivity contribution in [3.05, 3.63) is 27.7 Å². The van der Waals surface area contributed by atoms with E-state index in [9.17, 15) is 9.59 Å². The summed E-state index contributed by atoms with van der Waals surface area (Å²) in [5, 5.41) is 3.12. The highest BCUT2D eigenvalue weighted by Crippen LogP contribution is 2.40. The highest BCUT2D eigenvalue weighted by Gasteiger charge is 2.30. The van der Waals surface area contributed by atoms with E-state index in [1.165, 1.54) is 0 Å². The molecule has 0 atom stereocenters. The summed E-state index contributed by atoms with van der Waals surface area (Å²) < 4.78 is 1.61. The largest absolute Gasteiger partial charge is 0.338 e. The second-order valence-electron chi connectivity index (χ2n) is 5.71. The minimum absolute atomic E-state index is 0.0396. The molecule has 1 aliphatic carbocycles. The Hall–Kier alpha value is -2.11. The zero-order valence-corrected chi connectivity index (χ0v) is 11.3. The minimum Gasteiger partial charge on any atom is -0.338 e. The second kappa shape index (κ2) is 3.94. The lowest BCUT2D eigenvalue weighted by Crippen LogP contribution is -2.42. The van der Waals surface area contributed by atoms with Gasteiger partial charge < -0.3 is 4.90 Å². The number of aryl methyl sites for hydroxylation is 1. The fourth-order valence-electron chi connectivity index (χ4n) is 2.73. The summed E-state index contributed by atoms with van der Waals surface area (Å²) in [5.41, 5.74) is 1.80. The number of H-pyrrole nitrogens is 1. The van der Waals surface area contributed by atoms with Crippen LogP contribution in [-0.2, 0) is 7.05 Å². The van der Waals surface area contributed by atoms with E-state index in [0.29, 0.717) is 22.5 Å². The molecule has 20 heavy (non-hydrogen) atoms. The lowest BCUT2D eigenvalue weighted by molar-refractivity contribution is 0.0653. The van der Waals surface area contributed by atoms with E-state index >= 15 is 0 Å². The number of hydrogen-bond acceptors (Lipinski definition) is 3. The van der Waals surface area contributed by atoms with E-state index in [4.69, 9.17) is 0 Å². The zero-order valence-electron chi connectivity index (χ0n) is 11.3. The van der Waals surface area contributed by atoms with Crippen LogP contribution in [0.4, 0.5) is 0 Å². The fourth-order valence-corrected chi connectivity index (χ4v) is 2.73. The first-order valence-corrected chi connectivity index (χ1v) is 7.04. The van der Waals surface area contributed by atoms with Crippen molar-refractivity contribution >= 4 is 16.9 Å². The molecule has 0 unspecified atom stereocenters. The number of amides is 1. The van der Waals surface area contributed by atoms with Gasteiger partial charge in [-0.2, -0.15) is 0 Å². The Morgan fingerprint density at radius 1 is 1.40 bits per heavy atom. The summed E-state index contributed by atoms with van der Waals surface area (Å²) in [7, 11) is 1.76. The van der Waals surface area contributed by atoms with Gasteiger partial charge in [-0.3, -0.25) is 19.4 Å². The minimum atomic E-state index is -0.235. The number of aromatic amines is 1. The fraction of sp³-hybridized carbons (Fsp3) is 0.500. The van der Waals surface area contributed by atoms with Gasteiger partial charge in [-0.05, 0) is 25.3 Å². The van der Waals surface area contributed by atoms with Gasteiger partial charge in [0.25, 0.3) is 11.5 Å². The molecule has 0 radical (unpaired) electrons. The Morgan fingerprint density at radius 2 is 2.15 bits per heavy atom. The van der Waals surface area contributed by atoms with Crippen molar-refractivity contribution in [1.29, 1.82) is 0 Å². The summed E-state index contributed by atoms with van der Waals surface area (Å²) >= 11 is 0. The van der Waals surface area contributed by atoms with Crippen LogP contribution in [0.15, 0.2) is 10.9 Å². The molecule has 6 nitrogen and oxygen atoms in total. The van der Waals surface area contributed by atoms with E-state index in [1.807, 2.05) is 6.07 Å². The highest BCUT2D eigenvalue weighted by molar-refractivity contribution is 6.05. The first kappa shape index (κ1) is 11.7. The maximum absolute atomic E-state index is 12.5. The molecule has 2 fully saturated rings. The number of nitrogens with one attached hydrogen (secondary N) is 1. The molecule has 1 aliphatic heterocycles. The average Bonchev–Trinajstić information content (AvgIpc) is 3.15. The third kappa shape index (κ3) is 1.60. The Kier molecular flexibility index (Phi) is 2.31. The maximum Gasteiger partial charge on any atom is 0.274 e. The van der Waals surface area contributed by atoms with Crippen LogP contribution in [0.2, 0.25) is 0 Å². The first-order chi connectivity index (χ1) is 9.65. The van der Waals surface area contributed by atoms with Crippen molar-refractivity contribution in [1.82, 2.24) is 19.7 Å². The standard InChI is InChI=1S/C14H16N4O2/c1-17-12-11(13(19)16-17)9(14(20)18-5-2-6-18)7-10(15-12)8-3-4-8/h7-8H,2-6H2,1H3,(H,16,19).